The van der Waals surface area contributed by atoms with Gasteiger partial charge in [0, 0.05) is 4.86 Å². The number of hydrogen-bond acceptors (Lipinski definition) is 4. The third-order valence-corrected chi connectivity index (χ3v) is 4.31. The first-order chi connectivity index (χ1) is 10.7. The Balaban J connectivity index is 3.38. The molecule has 1 aromatic rings. The topological polar surface area (TPSA) is 35.5 Å². The molecule has 23 heavy (non-hydrogen) atoms. The van der Waals surface area contributed by atoms with Crippen LogP contribution in [0.15, 0.2) is 35.6 Å². The van der Waals surface area contributed by atoms with Crippen LogP contribution < -0.4 is 0 Å². The summed E-state index contributed by atoms with van der Waals surface area (Å²) in [5.41, 5.74) is 1.52. The fourth-order valence-electron chi connectivity index (χ4n) is 1.88. The molecule has 0 saturated heterocycles. The summed E-state index contributed by atoms with van der Waals surface area (Å²) in [5, 5.41) is 0.474. The van der Waals surface area contributed by atoms with E-state index in [1.807, 2.05) is 39.0 Å². The van der Waals surface area contributed by atoms with E-state index in [-0.39, 0.29) is 5.41 Å². The highest BCUT2D eigenvalue weighted by molar-refractivity contribution is 7.81. The number of thiocarbonyl (C=S) groups is 1. The van der Waals surface area contributed by atoms with Crippen molar-refractivity contribution >= 4 is 46.3 Å². The highest BCUT2D eigenvalue weighted by atomic mass is 35.5. The number of methoxy groups -OCH3 is 2. The van der Waals surface area contributed by atoms with Crippen molar-refractivity contribution < 1.29 is 14.3 Å². The molecule has 3 nitrogen and oxygen atoms in total. The predicted octanol–water partition coefficient (Wildman–Crippen LogP) is 4.84. The Hall–Kier alpha value is -1.65. The molecule has 0 aromatic heterocycles. The van der Waals surface area contributed by atoms with Crippen LogP contribution in [0.3, 0.4) is 0 Å². The fourth-order valence-corrected chi connectivity index (χ4v) is 2.34. The zero-order chi connectivity index (χ0) is 17.6. The number of carbonyl (C=O) groups excluding carboxylic acids is 1. The van der Waals surface area contributed by atoms with Crippen LogP contribution in [-0.2, 0) is 14.3 Å². The first-order valence-electron chi connectivity index (χ1n) is 7.05. The molecule has 0 fully saturated rings. The summed E-state index contributed by atoms with van der Waals surface area (Å²) in [5.74, 6) is -0.484. The van der Waals surface area contributed by atoms with Crippen LogP contribution in [0.4, 0.5) is 0 Å². The number of allylic oxidation sites excluding steroid dienone is 1. The molecular formula is C18H21ClO3S. The smallest absolute Gasteiger partial charge is 0.341 e. The maximum atomic E-state index is 12.0. The van der Waals surface area contributed by atoms with Gasteiger partial charge in [-0.25, -0.2) is 4.79 Å². The van der Waals surface area contributed by atoms with Gasteiger partial charge in [-0.2, -0.15) is 0 Å². The Kier molecular flexibility index (Phi) is 6.98. The largest absolute Gasteiger partial charge is 0.503 e. The molecule has 0 heterocycles. The number of ether oxygens (including phenoxy) is 2. The van der Waals surface area contributed by atoms with Crippen LogP contribution in [0.5, 0.6) is 0 Å². The van der Waals surface area contributed by atoms with Crippen molar-refractivity contribution in [2.45, 2.75) is 20.8 Å². The van der Waals surface area contributed by atoms with Crippen LogP contribution in [0.2, 0.25) is 0 Å². The molecule has 1 aromatic carbocycles. The highest BCUT2D eigenvalue weighted by Gasteiger charge is 2.21. The van der Waals surface area contributed by atoms with E-state index in [1.165, 1.54) is 20.5 Å². The van der Waals surface area contributed by atoms with Gasteiger partial charge in [-0.3, -0.25) is 0 Å². The van der Waals surface area contributed by atoms with E-state index >= 15 is 0 Å². The summed E-state index contributed by atoms with van der Waals surface area (Å²) in [6.07, 6.45) is 3.12. The number of halogens is 1. The molecular weight excluding hydrogens is 332 g/mol. The molecule has 0 amide bonds. The predicted molar refractivity (Wildman–Crippen MR) is 99.3 cm³/mol. The Morgan fingerprint density at radius 1 is 1.22 bits per heavy atom. The van der Waals surface area contributed by atoms with Crippen molar-refractivity contribution in [2.75, 3.05) is 14.2 Å². The van der Waals surface area contributed by atoms with Crippen molar-refractivity contribution in [3.05, 3.63) is 46.7 Å². The molecule has 0 radical (unpaired) electrons. The number of benzene rings is 1. The molecule has 0 aliphatic heterocycles. The average molecular weight is 353 g/mol. The van der Waals surface area contributed by atoms with Gasteiger partial charge in [0.25, 0.3) is 0 Å². The molecule has 0 spiro atoms. The maximum Gasteiger partial charge on any atom is 0.341 e. The molecule has 0 aliphatic carbocycles. The van der Waals surface area contributed by atoms with Crippen molar-refractivity contribution in [3.8, 4) is 0 Å². The van der Waals surface area contributed by atoms with Gasteiger partial charge in [0.1, 0.15) is 5.57 Å². The van der Waals surface area contributed by atoms with Crippen LogP contribution in [0.1, 0.15) is 31.9 Å². The minimum Gasteiger partial charge on any atom is -0.503 e. The number of hydrogen-bond donors (Lipinski definition) is 0. The van der Waals surface area contributed by atoms with Crippen molar-refractivity contribution in [2.24, 2.45) is 5.41 Å². The Labute approximate surface area is 147 Å². The van der Waals surface area contributed by atoms with E-state index < -0.39 is 5.97 Å². The van der Waals surface area contributed by atoms with Gasteiger partial charge in [-0.1, -0.05) is 68.9 Å². The van der Waals surface area contributed by atoms with Gasteiger partial charge in [0.2, 0.25) is 0 Å². The number of carbonyl (C=O) groups is 1. The van der Waals surface area contributed by atoms with Crippen molar-refractivity contribution in [3.63, 3.8) is 0 Å². The Morgan fingerprint density at radius 2 is 1.83 bits per heavy atom. The third kappa shape index (κ3) is 5.19. The van der Waals surface area contributed by atoms with Gasteiger partial charge in [-0.05, 0) is 22.6 Å². The summed E-state index contributed by atoms with van der Waals surface area (Å²) in [6.45, 7) is 6.01. The minimum absolute atomic E-state index is 0.217. The molecule has 0 atom stereocenters. The molecule has 0 N–H and O–H groups in total. The van der Waals surface area contributed by atoms with E-state index in [2.05, 4.69) is 0 Å². The molecule has 0 bridgehead atoms. The Bertz CT molecular complexity index is 654. The summed E-state index contributed by atoms with van der Waals surface area (Å²) in [4.78, 5) is 12.6. The second-order valence-corrected chi connectivity index (χ2v) is 6.73. The van der Waals surface area contributed by atoms with Gasteiger partial charge in [0.15, 0.2) is 0 Å². The maximum absolute atomic E-state index is 12.0. The average Bonchev–Trinajstić information content (AvgIpc) is 2.51. The van der Waals surface area contributed by atoms with E-state index in [9.17, 15) is 4.79 Å². The summed E-state index contributed by atoms with van der Waals surface area (Å²) < 4.78 is 9.82. The highest BCUT2D eigenvalue weighted by Crippen LogP contribution is 2.28. The van der Waals surface area contributed by atoms with Gasteiger partial charge in [0.05, 0.1) is 25.5 Å². The molecule has 0 saturated carbocycles. The normalized spacial score (nSPS) is 12.8. The summed E-state index contributed by atoms with van der Waals surface area (Å²) >= 11 is 11.8. The van der Waals surface area contributed by atoms with E-state index in [0.717, 1.165) is 5.56 Å². The second-order valence-electron chi connectivity index (χ2n) is 5.92. The molecule has 1 rings (SSSR count). The van der Waals surface area contributed by atoms with Crippen molar-refractivity contribution in [1.82, 2.24) is 0 Å². The first kappa shape index (κ1) is 19.4. The third-order valence-electron chi connectivity index (χ3n) is 3.07. The zero-order valence-corrected chi connectivity index (χ0v) is 15.5. The zero-order valence-electron chi connectivity index (χ0n) is 14.0. The molecule has 5 heteroatoms. The van der Waals surface area contributed by atoms with E-state index in [0.29, 0.717) is 21.0 Å². The van der Waals surface area contributed by atoms with E-state index in [4.69, 9.17) is 33.3 Å². The summed E-state index contributed by atoms with van der Waals surface area (Å²) in [7, 11) is 2.80. The minimum atomic E-state index is -0.484. The van der Waals surface area contributed by atoms with E-state index in [1.54, 1.807) is 12.1 Å². The lowest BCUT2D eigenvalue weighted by Gasteiger charge is -2.19. The lowest BCUT2D eigenvalue weighted by atomic mass is 9.90. The number of esters is 1. The molecule has 124 valence electrons. The van der Waals surface area contributed by atoms with Gasteiger partial charge >= 0.3 is 5.97 Å². The van der Waals surface area contributed by atoms with Crippen molar-refractivity contribution in [1.29, 1.82) is 0 Å². The lowest BCUT2D eigenvalue weighted by molar-refractivity contribution is -0.133. The lowest BCUT2D eigenvalue weighted by Crippen LogP contribution is -2.18. The molecule has 0 aliphatic rings. The van der Waals surface area contributed by atoms with Crippen LogP contribution in [-0.4, -0.2) is 25.1 Å². The fraction of sp³-hybridized carbons (Fsp3) is 0.333. The standard InChI is InChI=1S/C18H21ClO3S/c1-18(2,3)16(23)15(19)10-12-8-6-7-9-13(12)14(11-21-4)17(20)22-5/h6-11H,1-5H3/b14-11+,15-10-. The second kappa shape index (κ2) is 8.27. The monoisotopic (exact) mass is 352 g/mol. The molecule has 0 unspecified atom stereocenters. The van der Waals surface area contributed by atoms with Crippen LogP contribution >= 0.6 is 23.8 Å². The summed E-state index contributed by atoms with van der Waals surface area (Å²) in [6, 6.07) is 7.35. The SMILES string of the molecule is CO/C=C(/C(=O)OC)c1ccccc1/C=C(\Cl)C(=S)C(C)(C)C. The number of rotatable bonds is 5. The van der Waals surface area contributed by atoms with Gasteiger partial charge in [-0.15, -0.1) is 0 Å². The quantitative estimate of drug-likeness (QED) is 0.328. The van der Waals surface area contributed by atoms with Crippen LogP contribution in [0.25, 0.3) is 11.6 Å². The first-order valence-corrected chi connectivity index (χ1v) is 7.83. The van der Waals surface area contributed by atoms with Crippen LogP contribution in [0, 0.1) is 5.41 Å². The Morgan fingerprint density at radius 3 is 2.35 bits per heavy atom. The van der Waals surface area contributed by atoms with Gasteiger partial charge < -0.3 is 9.47 Å².